The lowest BCUT2D eigenvalue weighted by molar-refractivity contribution is 0.194. The second-order valence-corrected chi connectivity index (χ2v) is 5.50. The molecule has 3 heteroatoms. The maximum atomic E-state index is 3.55. The monoisotopic (exact) mass is 241 g/mol. The van der Waals surface area contributed by atoms with E-state index in [4.69, 9.17) is 0 Å². The van der Waals surface area contributed by atoms with Gasteiger partial charge < -0.3 is 10.2 Å². The van der Waals surface area contributed by atoms with Crippen molar-refractivity contribution in [2.75, 3.05) is 46.8 Å². The number of hydrogen-bond donors (Lipinski definition) is 1. The molecule has 1 atom stereocenters. The van der Waals surface area contributed by atoms with Crippen molar-refractivity contribution in [2.24, 2.45) is 0 Å². The molecule has 1 saturated heterocycles. The van der Waals surface area contributed by atoms with Gasteiger partial charge in [0.25, 0.3) is 0 Å². The highest BCUT2D eigenvalue weighted by atomic mass is 15.2. The molecular weight excluding hydrogens is 210 g/mol. The zero-order valence-electron chi connectivity index (χ0n) is 12.0. The van der Waals surface area contributed by atoms with Gasteiger partial charge in [0.05, 0.1) is 0 Å². The van der Waals surface area contributed by atoms with Crippen LogP contribution in [0.1, 0.15) is 39.0 Å². The summed E-state index contributed by atoms with van der Waals surface area (Å²) in [6, 6.07) is 0.841. The Kier molecular flexibility index (Phi) is 7.82. The van der Waals surface area contributed by atoms with Gasteiger partial charge in [0.1, 0.15) is 0 Å². The molecule has 1 heterocycles. The molecule has 0 spiro atoms. The number of rotatable bonds is 7. The first-order valence-electron chi connectivity index (χ1n) is 7.33. The molecule has 0 aliphatic carbocycles. The highest BCUT2D eigenvalue weighted by Gasteiger charge is 2.18. The summed E-state index contributed by atoms with van der Waals surface area (Å²) in [6.45, 7) is 8.27. The SMILES string of the molecule is CCC1CCCCCN1CCNCCN(C)C. The molecule has 0 saturated carbocycles. The van der Waals surface area contributed by atoms with E-state index < -0.39 is 0 Å². The molecule has 0 aromatic rings. The fourth-order valence-corrected chi connectivity index (χ4v) is 2.64. The third-order valence-corrected chi connectivity index (χ3v) is 3.78. The average molecular weight is 241 g/mol. The standard InChI is InChI=1S/C14H31N3/c1-4-14-8-6-5-7-11-17(14)13-10-15-9-12-16(2)3/h14-15H,4-13H2,1-3H3. The van der Waals surface area contributed by atoms with E-state index in [1.165, 1.54) is 45.2 Å². The number of nitrogens with one attached hydrogen (secondary N) is 1. The topological polar surface area (TPSA) is 18.5 Å². The lowest BCUT2D eigenvalue weighted by Crippen LogP contribution is -2.40. The number of hydrogen-bond acceptors (Lipinski definition) is 3. The van der Waals surface area contributed by atoms with Crippen LogP contribution in [-0.2, 0) is 0 Å². The lowest BCUT2D eigenvalue weighted by Gasteiger charge is -2.29. The Hall–Kier alpha value is -0.120. The van der Waals surface area contributed by atoms with Crippen LogP contribution in [0.15, 0.2) is 0 Å². The Balaban J connectivity index is 2.14. The van der Waals surface area contributed by atoms with E-state index in [0.717, 1.165) is 25.7 Å². The molecule has 1 aliphatic heterocycles. The Morgan fingerprint density at radius 3 is 2.71 bits per heavy atom. The fourth-order valence-electron chi connectivity index (χ4n) is 2.64. The van der Waals surface area contributed by atoms with Crippen LogP contribution in [-0.4, -0.2) is 62.7 Å². The van der Waals surface area contributed by atoms with Crippen molar-refractivity contribution >= 4 is 0 Å². The van der Waals surface area contributed by atoms with Gasteiger partial charge >= 0.3 is 0 Å². The number of nitrogens with zero attached hydrogens (tertiary/aromatic N) is 2. The van der Waals surface area contributed by atoms with Gasteiger partial charge in [-0.25, -0.2) is 0 Å². The van der Waals surface area contributed by atoms with Crippen molar-refractivity contribution in [2.45, 2.75) is 45.1 Å². The molecule has 3 nitrogen and oxygen atoms in total. The zero-order chi connectivity index (χ0) is 12.5. The van der Waals surface area contributed by atoms with Crippen LogP contribution in [0.3, 0.4) is 0 Å². The van der Waals surface area contributed by atoms with Crippen LogP contribution in [0.25, 0.3) is 0 Å². The molecule has 1 unspecified atom stereocenters. The normalized spacial score (nSPS) is 22.9. The van der Waals surface area contributed by atoms with Crippen molar-refractivity contribution < 1.29 is 0 Å². The summed E-state index contributed by atoms with van der Waals surface area (Å²) in [5.74, 6) is 0. The van der Waals surface area contributed by atoms with Gasteiger partial charge in [-0.3, -0.25) is 4.90 Å². The minimum absolute atomic E-state index is 0.841. The van der Waals surface area contributed by atoms with Gasteiger partial charge in [0.2, 0.25) is 0 Å². The quantitative estimate of drug-likeness (QED) is 0.686. The molecule has 1 rings (SSSR count). The Bertz CT molecular complexity index is 182. The largest absolute Gasteiger partial charge is 0.314 e. The number of likely N-dealkylation sites (tertiary alicyclic amines) is 1. The van der Waals surface area contributed by atoms with E-state index in [0.29, 0.717) is 0 Å². The van der Waals surface area contributed by atoms with Crippen LogP contribution in [0.4, 0.5) is 0 Å². The van der Waals surface area contributed by atoms with Crippen LogP contribution in [0, 0.1) is 0 Å². The minimum Gasteiger partial charge on any atom is -0.314 e. The molecule has 0 bridgehead atoms. The summed E-state index contributed by atoms with van der Waals surface area (Å²) in [5.41, 5.74) is 0. The Labute approximate surface area is 108 Å². The first kappa shape index (κ1) is 14.9. The van der Waals surface area contributed by atoms with Crippen molar-refractivity contribution in [1.82, 2.24) is 15.1 Å². The van der Waals surface area contributed by atoms with Gasteiger partial charge in [0.15, 0.2) is 0 Å². The van der Waals surface area contributed by atoms with E-state index in [1.807, 2.05) is 0 Å². The summed E-state index contributed by atoms with van der Waals surface area (Å²) in [7, 11) is 4.26. The highest BCUT2D eigenvalue weighted by molar-refractivity contribution is 4.74. The van der Waals surface area contributed by atoms with Crippen molar-refractivity contribution in [3.63, 3.8) is 0 Å². The Morgan fingerprint density at radius 2 is 2.00 bits per heavy atom. The molecule has 1 N–H and O–H groups in total. The maximum absolute atomic E-state index is 3.55. The maximum Gasteiger partial charge on any atom is 0.0110 e. The minimum atomic E-state index is 0.841. The molecular formula is C14H31N3. The summed E-state index contributed by atoms with van der Waals surface area (Å²) in [4.78, 5) is 4.93. The van der Waals surface area contributed by atoms with Gasteiger partial charge in [-0.2, -0.15) is 0 Å². The average Bonchev–Trinajstić information content (AvgIpc) is 2.53. The second-order valence-electron chi connectivity index (χ2n) is 5.50. The van der Waals surface area contributed by atoms with Gasteiger partial charge in [-0.15, -0.1) is 0 Å². The lowest BCUT2D eigenvalue weighted by atomic mass is 10.1. The third kappa shape index (κ3) is 6.39. The van der Waals surface area contributed by atoms with Crippen LogP contribution in [0.5, 0.6) is 0 Å². The predicted octanol–water partition coefficient (Wildman–Crippen LogP) is 1.79. The fraction of sp³-hybridized carbons (Fsp3) is 1.00. The molecule has 17 heavy (non-hydrogen) atoms. The second kappa shape index (κ2) is 8.90. The van der Waals surface area contributed by atoms with E-state index in [2.05, 4.69) is 36.1 Å². The van der Waals surface area contributed by atoms with Gasteiger partial charge in [-0.1, -0.05) is 19.8 Å². The van der Waals surface area contributed by atoms with Crippen LogP contribution < -0.4 is 5.32 Å². The summed E-state index contributed by atoms with van der Waals surface area (Å²) in [6.07, 6.45) is 6.99. The molecule has 102 valence electrons. The zero-order valence-corrected chi connectivity index (χ0v) is 12.0. The van der Waals surface area contributed by atoms with Crippen LogP contribution in [0.2, 0.25) is 0 Å². The van der Waals surface area contributed by atoms with E-state index in [-0.39, 0.29) is 0 Å². The summed E-state index contributed by atoms with van der Waals surface area (Å²) >= 11 is 0. The molecule has 1 fully saturated rings. The highest BCUT2D eigenvalue weighted by Crippen LogP contribution is 2.18. The molecule has 0 aromatic carbocycles. The molecule has 1 aliphatic rings. The van der Waals surface area contributed by atoms with Crippen molar-refractivity contribution in [3.05, 3.63) is 0 Å². The Morgan fingerprint density at radius 1 is 1.18 bits per heavy atom. The van der Waals surface area contributed by atoms with E-state index >= 15 is 0 Å². The predicted molar refractivity (Wildman–Crippen MR) is 75.5 cm³/mol. The third-order valence-electron chi connectivity index (χ3n) is 3.78. The van der Waals surface area contributed by atoms with Crippen molar-refractivity contribution in [3.8, 4) is 0 Å². The van der Waals surface area contributed by atoms with E-state index in [9.17, 15) is 0 Å². The van der Waals surface area contributed by atoms with Gasteiger partial charge in [0, 0.05) is 32.2 Å². The molecule has 0 aromatic heterocycles. The van der Waals surface area contributed by atoms with Gasteiger partial charge in [-0.05, 0) is 39.9 Å². The summed E-state index contributed by atoms with van der Waals surface area (Å²) < 4.78 is 0. The first-order valence-corrected chi connectivity index (χ1v) is 7.33. The number of likely N-dealkylation sites (N-methyl/N-ethyl adjacent to an activating group) is 1. The smallest absolute Gasteiger partial charge is 0.0110 e. The van der Waals surface area contributed by atoms with Crippen LogP contribution >= 0.6 is 0 Å². The molecule has 0 amide bonds. The first-order chi connectivity index (χ1) is 8.24. The van der Waals surface area contributed by atoms with Crippen molar-refractivity contribution in [1.29, 1.82) is 0 Å². The van der Waals surface area contributed by atoms with E-state index in [1.54, 1.807) is 0 Å². The molecule has 0 radical (unpaired) electrons. The summed E-state index contributed by atoms with van der Waals surface area (Å²) in [5, 5.41) is 3.55.